The van der Waals surface area contributed by atoms with Crippen LogP contribution in [0, 0.1) is 0 Å². The summed E-state index contributed by atoms with van der Waals surface area (Å²) in [6.45, 7) is 3.63. The Morgan fingerprint density at radius 1 is 0.524 bits per heavy atom. The molecule has 0 fully saturated rings. The molecule has 1 unspecified atom stereocenters. The van der Waals surface area contributed by atoms with E-state index in [1.165, 1.54) is 116 Å². The quantitative estimate of drug-likeness (QED) is 0.0433. The second kappa shape index (κ2) is 30.1. The second-order valence-electron chi connectivity index (χ2n) is 11.9. The fourth-order valence-electron chi connectivity index (χ4n) is 5.02. The predicted octanol–water partition coefficient (Wildman–Crippen LogP) is 9.73. The van der Waals surface area contributed by atoms with E-state index in [0.29, 0.717) is 6.42 Å². The van der Waals surface area contributed by atoms with E-state index in [0.717, 1.165) is 32.1 Å². The van der Waals surface area contributed by atoms with E-state index in [1.807, 2.05) is 0 Å². The van der Waals surface area contributed by atoms with Crippen molar-refractivity contribution in [2.24, 2.45) is 0 Å². The van der Waals surface area contributed by atoms with E-state index in [1.54, 1.807) is 0 Å². The van der Waals surface area contributed by atoms with Crippen LogP contribution in [0.25, 0.3) is 0 Å². The largest absolute Gasteiger partial charge is 0.469 e. The van der Waals surface area contributed by atoms with Crippen molar-refractivity contribution in [1.29, 1.82) is 0 Å². The number of esters is 2. The maximum absolute atomic E-state index is 12.3. The van der Waals surface area contributed by atoms with Crippen molar-refractivity contribution in [3.63, 3.8) is 0 Å². The first-order valence-corrected chi connectivity index (χ1v) is 18.9. The van der Waals surface area contributed by atoms with Gasteiger partial charge in [0.05, 0.1) is 6.61 Å². The zero-order chi connectivity index (χ0) is 31.2. The molecule has 0 bridgehead atoms. The highest BCUT2D eigenvalue weighted by molar-refractivity contribution is 7.46. The van der Waals surface area contributed by atoms with Crippen molar-refractivity contribution >= 4 is 19.8 Å². The van der Waals surface area contributed by atoms with Crippen molar-refractivity contribution < 1.29 is 37.9 Å². The highest BCUT2D eigenvalue weighted by atomic mass is 31.2. The molecule has 0 amide bonds. The van der Waals surface area contributed by atoms with Gasteiger partial charge in [-0.3, -0.25) is 14.1 Å². The monoisotopic (exact) mass is 620 g/mol. The lowest BCUT2D eigenvalue weighted by Crippen LogP contribution is -2.29. The summed E-state index contributed by atoms with van der Waals surface area (Å²) in [7, 11) is -4.73. The van der Waals surface area contributed by atoms with Gasteiger partial charge in [0.1, 0.15) is 6.61 Å². The lowest BCUT2D eigenvalue weighted by molar-refractivity contribution is -0.161. The van der Waals surface area contributed by atoms with E-state index >= 15 is 0 Å². The summed E-state index contributed by atoms with van der Waals surface area (Å²) in [5, 5.41) is 0. The fourth-order valence-corrected chi connectivity index (χ4v) is 5.38. The van der Waals surface area contributed by atoms with Gasteiger partial charge < -0.3 is 19.3 Å². The Bertz CT molecular complexity index is 666. The maximum Gasteiger partial charge on any atom is 0.469 e. The third kappa shape index (κ3) is 32.0. The molecule has 0 aliphatic carbocycles. The number of unbranched alkanes of at least 4 members (excludes halogenated alkanes) is 22. The number of rotatable bonds is 32. The minimum Gasteiger partial charge on any atom is -0.462 e. The molecule has 0 aromatic heterocycles. The molecule has 250 valence electrons. The zero-order valence-electron chi connectivity index (χ0n) is 27.2. The minimum absolute atomic E-state index is 0.219. The average Bonchev–Trinajstić information content (AvgIpc) is 2.95. The summed E-state index contributed by atoms with van der Waals surface area (Å²) in [6.07, 6.45) is 28.5. The zero-order valence-corrected chi connectivity index (χ0v) is 28.1. The fraction of sp³-hybridized carbons (Fsp3) is 0.939. The summed E-state index contributed by atoms with van der Waals surface area (Å²) in [5.74, 6) is -0.882. The molecule has 42 heavy (non-hydrogen) atoms. The molecule has 0 radical (unpaired) electrons. The van der Waals surface area contributed by atoms with Gasteiger partial charge in [0, 0.05) is 12.8 Å². The standard InChI is InChI=1S/C33H65O8P/c1-3-5-7-9-11-12-13-14-15-16-17-18-19-20-22-24-26-28-33(35)41-31(30-40-42(36,37)38)29-39-32(34)27-25-23-21-10-8-6-4-2/h31H,3-30H2,1-2H3,(H2,36,37,38). The van der Waals surface area contributed by atoms with Crippen LogP contribution in [0.5, 0.6) is 0 Å². The van der Waals surface area contributed by atoms with Gasteiger partial charge in [0.25, 0.3) is 0 Å². The van der Waals surface area contributed by atoms with Gasteiger partial charge in [0.15, 0.2) is 6.10 Å². The first-order chi connectivity index (χ1) is 20.3. The molecule has 0 rings (SSSR count). The molecular formula is C33H65O8P. The number of ether oxygens (including phenoxy) is 2. The molecule has 0 aliphatic rings. The highest BCUT2D eigenvalue weighted by Gasteiger charge is 2.22. The van der Waals surface area contributed by atoms with Gasteiger partial charge in [-0.25, -0.2) is 4.57 Å². The summed E-state index contributed by atoms with van der Waals surface area (Å²) >= 11 is 0. The van der Waals surface area contributed by atoms with Gasteiger partial charge in [-0.05, 0) is 12.8 Å². The Labute approximate surface area is 257 Å². The van der Waals surface area contributed by atoms with Gasteiger partial charge in [-0.15, -0.1) is 0 Å². The molecule has 0 heterocycles. The molecule has 0 saturated carbocycles. The molecule has 0 spiro atoms. The van der Waals surface area contributed by atoms with Crippen molar-refractivity contribution in [2.75, 3.05) is 13.2 Å². The molecule has 0 aliphatic heterocycles. The van der Waals surface area contributed by atoms with E-state index in [9.17, 15) is 14.2 Å². The van der Waals surface area contributed by atoms with Crippen LogP contribution < -0.4 is 0 Å². The molecule has 0 saturated heterocycles. The SMILES string of the molecule is CCCCCCCCCCCCCCCCCCCC(=O)OC(COC(=O)CCCCCCCCC)COP(=O)(O)O. The summed E-state index contributed by atoms with van der Waals surface area (Å²) < 4.78 is 26.1. The van der Waals surface area contributed by atoms with Crippen molar-refractivity contribution in [1.82, 2.24) is 0 Å². The first-order valence-electron chi connectivity index (χ1n) is 17.3. The lowest BCUT2D eigenvalue weighted by Gasteiger charge is -2.18. The Kier molecular flexibility index (Phi) is 29.4. The van der Waals surface area contributed by atoms with Crippen molar-refractivity contribution in [2.45, 2.75) is 187 Å². The van der Waals surface area contributed by atoms with Crippen LogP contribution in [0.3, 0.4) is 0 Å². The summed E-state index contributed by atoms with van der Waals surface area (Å²) in [4.78, 5) is 42.4. The van der Waals surface area contributed by atoms with Gasteiger partial charge in [0.2, 0.25) is 0 Å². The first kappa shape index (κ1) is 41.0. The molecule has 8 nitrogen and oxygen atoms in total. The number of phosphoric ester groups is 1. The molecule has 0 aromatic carbocycles. The number of hydrogen-bond donors (Lipinski definition) is 2. The van der Waals surface area contributed by atoms with Crippen LogP contribution in [-0.2, 0) is 28.2 Å². The molecule has 1 atom stereocenters. The number of phosphoric acid groups is 1. The third-order valence-corrected chi connectivity index (χ3v) is 8.11. The minimum atomic E-state index is -4.73. The Balaban J connectivity index is 3.88. The third-order valence-electron chi connectivity index (χ3n) is 7.63. The molecule has 2 N–H and O–H groups in total. The number of carbonyl (C=O) groups excluding carboxylic acids is 2. The van der Waals surface area contributed by atoms with Crippen LogP contribution in [0.4, 0.5) is 0 Å². The Morgan fingerprint density at radius 3 is 1.21 bits per heavy atom. The van der Waals surface area contributed by atoms with Gasteiger partial charge >= 0.3 is 19.8 Å². The summed E-state index contributed by atoms with van der Waals surface area (Å²) in [5.41, 5.74) is 0. The molecular weight excluding hydrogens is 555 g/mol. The smallest absolute Gasteiger partial charge is 0.462 e. The van der Waals surface area contributed by atoms with Gasteiger partial charge in [-0.2, -0.15) is 0 Å². The van der Waals surface area contributed by atoms with Crippen LogP contribution >= 0.6 is 7.82 Å². The number of hydrogen-bond acceptors (Lipinski definition) is 6. The van der Waals surface area contributed by atoms with Crippen LogP contribution in [-0.4, -0.2) is 41.0 Å². The lowest BCUT2D eigenvalue weighted by atomic mass is 10.0. The second-order valence-corrected chi connectivity index (χ2v) is 13.1. The Morgan fingerprint density at radius 2 is 0.857 bits per heavy atom. The van der Waals surface area contributed by atoms with E-state index in [-0.39, 0.29) is 19.4 Å². The normalized spacial score (nSPS) is 12.4. The van der Waals surface area contributed by atoms with Crippen LogP contribution in [0.2, 0.25) is 0 Å². The maximum atomic E-state index is 12.3. The van der Waals surface area contributed by atoms with E-state index < -0.39 is 32.5 Å². The molecule has 9 heteroatoms. The highest BCUT2D eigenvalue weighted by Crippen LogP contribution is 2.36. The van der Waals surface area contributed by atoms with Crippen molar-refractivity contribution in [3.8, 4) is 0 Å². The number of carbonyl (C=O) groups is 2. The molecule has 0 aromatic rings. The summed E-state index contributed by atoms with van der Waals surface area (Å²) in [6, 6.07) is 0. The predicted molar refractivity (Wildman–Crippen MR) is 170 cm³/mol. The van der Waals surface area contributed by atoms with E-state index in [2.05, 4.69) is 18.4 Å². The average molecular weight is 621 g/mol. The Hall–Kier alpha value is -0.950. The van der Waals surface area contributed by atoms with Crippen LogP contribution in [0.15, 0.2) is 0 Å². The topological polar surface area (TPSA) is 119 Å². The van der Waals surface area contributed by atoms with E-state index in [4.69, 9.17) is 19.3 Å². The van der Waals surface area contributed by atoms with Crippen molar-refractivity contribution in [3.05, 3.63) is 0 Å². The van der Waals surface area contributed by atoms with Crippen LogP contribution in [0.1, 0.15) is 181 Å². The van der Waals surface area contributed by atoms with Gasteiger partial charge in [-0.1, -0.05) is 155 Å².